The van der Waals surface area contributed by atoms with Crippen LogP contribution in [0.2, 0.25) is 0 Å². The molecule has 7 heteroatoms. The molecular weight excluding hydrogens is 257 g/mol. The minimum atomic E-state index is -3.74. The smallest absolute Gasteiger partial charge is 0.341 e. The number of thiazole rings is 1. The monoisotopic (exact) mass is 264 g/mol. The van der Waals surface area contributed by atoms with E-state index in [1.54, 1.807) is 23.6 Å². The Hall–Kier alpha value is -0.400. The van der Waals surface area contributed by atoms with E-state index in [2.05, 4.69) is 4.98 Å². The molecule has 1 aromatic carbocycles. The molecule has 0 aliphatic rings. The van der Waals surface area contributed by atoms with Gasteiger partial charge in [0.2, 0.25) is 0 Å². The Morgan fingerprint density at radius 1 is 1.19 bits per heavy atom. The van der Waals surface area contributed by atoms with Gasteiger partial charge in [-0.3, -0.25) is 0 Å². The number of aromatic nitrogens is 1. The van der Waals surface area contributed by atoms with Crippen LogP contribution in [0.1, 0.15) is 0 Å². The van der Waals surface area contributed by atoms with Crippen LogP contribution < -0.4 is 4.18 Å². The van der Waals surface area contributed by atoms with E-state index in [0.717, 1.165) is 11.3 Å². The first-order valence-corrected chi connectivity index (χ1v) is 6.36. The molecule has 1 aromatic heterocycles. The van der Waals surface area contributed by atoms with E-state index in [1.807, 2.05) is 0 Å². The maximum atomic E-state index is 11.6. The molecule has 1 radical (unpaired) electrons. The molecule has 4 nitrogen and oxygen atoms in total. The van der Waals surface area contributed by atoms with Gasteiger partial charge in [0.1, 0.15) is 4.90 Å². The van der Waals surface area contributed by atoms with Crippen LogP contribution in [0.3, 0.4) is 0 Å². The van der Waals surface area contributed by atoms with E-state index in [1.165, 1.54) is 18.3 Å². The van der Waals surface area contributed by atoms with E-state index in [-0.39, 0.29) is 39.6 Å². The largest absolute Gasteiger partial charge is 0.348 e. The van der Waals surface area contributed by atoms with Crippen molar-refractivity contribution >= 4 is 51.0 Å². The molecule has 79 valence electrons. The van der Waals surface area contributed by atoms with Crippen LogP contribution in [0, 0.1) is 0 Å². The summed E-state index contributed by atoms with van der Waals surface area (Å²) in [5.41, 5.74) is 0. The quantitative estimate of drug-likeness (QED) is 0.623. The first-order valence-electron chi connectivity index (χ1n) is 4.07. The molecule has 16 heavy (non-hydrogen) atoms. The van der Waals surface area contributed by atoms with Gasteiger partial charge < -0.3 is 4.18 Å². The fraction of sp³-hybridized carbons (Fsp3) is 0. The molecule has 0 spiro atoms. The molecule has 0 atom stereocenters. The summed E-state index contributed by atoms with van der Waals surface area (Å²) in [6, 6.07) is 7.96. The van der Waals surface area contributed by atoms with E-state index in [0.29, 0.717) is 0 Å². The molecule has 0 saturated heterocycles. The zero-order chi connectivity index (χ0) is 10.7. The van der Waals surface area contributed by atoms with Crippen molar-refractivity contribution in [3.05, 3.63) is 41.9 Å². The van der Waals surface area contributed by atoms with Crippen molar-refractivity contribution < 1.29 is 12.6 Å². The molecule has 0 aliphatic carbocycles. The molecule has 0 N–H and O–H groups in total. The normalized spacial score (nSPS) is 10.5. The third kappa shape index (κ3) is 3.29. The molecule has 2 aromatic rings. The number of rotatable bonds is 3. The van der Waals surface area contributed by atoms with E-state index in [9.17, 15) is 8.42 Å². The van der Waals surface area contributed by atoms with Gasteiger partial charge in [-0.2, -0.15) is 8.42 Å². The Bertz CT molecular complexity index is 525. The summed E-state index contributed by atoms with van der Waals surface area (Å²) < 4.78 is 28.1. The van der Waals surface area contributed by atoms with Gasteiger partial charge in [0.05, 0.1) is 0 Å². The fourth-order valence-corrected chi connectivity index (χ4v) is 2.58. The van der Waals surface area contributed by atoms with Crippen LogP contribution in [0.25, 0.3) is 0 Å². The van der Waals surface area contributed by atoms with Crippen LogP contribution in [0.4, 0.5) is 0 Å². The fourth-order valence-electron chi connectivity index (χ4n) is 0.981. The Morgan fingerprint density at radius 2 is 1.88 bits per heavy atom. The SMILES string of the molecule is O=S(=O)(Oc1nccs1)c1ccccc1.[Na]. The average molecular weight is 264 g/mol. The number of hydrogen-bond acceptors (Lipinski definition) is 5. The van der Waals surface area contributed by atoms with Crippen molar-refractivity contribution in [1.29, 1.82) is 0 Å². The third-order valence-electron chi connectivity index (χ3n) is 1.62. The van der Waals surface area contributed by atoms with Crippen LogP contribution in [0.5, 0.6) is 5.19 Å². The Kier molecular flexibility index (Phi) is 4.94. The second-order valence-electron chi connectivity index (χ2n) is 2.65. The van der Waals surface area contributed by atoms with Crippen molar-refractivity contribution in [3.8, 4) is 5.19 Å². The molecule has 0 amide bonds. The van der Waals surface area contributed by atoms with Crippen molar-refractivity contribution in [2.75, 3.05) is 0 Å². The van der Waals surface area contributed by atoms with Crippen LogP contribution >= 0.6 is 11.3 Å². The van der Waals surface area contributed by atoms with Crippen LogP contribution in [-0.2, 0) is 10.1 Å². The molecule has 1 heterocycles. The molecule has 2 rings (SSSR count). The molecule has 0 saturated carbocycles. The van der Waals surface area contributed by atoms with Gasteiger partial charge in [0.15, 0.2) is 0 Å². The first-order chi connectivity index (χ1) is 7.18. The van der Waals surface area contributed by atoms with Gasteiger partial charge in [-0.05, 0) is 12.1 Å². The molecular formula is C9H7NNaO3S2. The van der Waals surface area contributed by atoms with Crippen molar-refractivity contribution in [2.24, 2.45) is 0 Å². The zero-order valence-corrected chi connectivity index (χ0v) is 12.2. The third-order valence-corrected chi connectivity index (χ3v) is 3.60. The summed E-state index contributed by atoms with van der Waals surface area (Å²) in [6.45, 7) is 0. The van der Waals surface area contributed by atoms with E-state index in [4.69, 9.17) is 4.18 Å². The van der Waals surface area contributed by atoms with E-state index >= 15 is 0 Å². The predicted octanol–water partition coefficient (Wildman–Crippen LogP) is 1.53. The summed E-state index contributed by atoms with van der Waals surface area (Å²) in [6.07, 6.45) is 1.49. The maximum Gasteiger partial charge on any atom is 0.341 e. The second-order valence-corrected chi connectivity index (χ2v) is 5.05. The molecule has 0 aliphatic heterocycles. The average Bonchev–Trinajstić information content (AvgIpc) is 2.71. The van der Waals surface area contributed by atoms with Gasteiger partial charge in [0.25, 0.3) is 5.19 Å². The Balaban J connectivity index is 0.00000128. The maximum absolute atomic E-state index is 11.6. The first kappa shape index (κ1) is 13.7. The van der Waals surface area contributed by atoms with Gasteiger partial charge in [-0.1, -0.05) is 29.5 Å². The molecule has 0 unspecified atom stereocenters. The van der Waals surface area contributed by atoms with Gasteiger partial charge in [0, 0.05) is 41.1 Å². The Labute approximate surface area is 120 Å². The minimum absolute atomic E-state index is 0. The number of hydrogen-bond donors (Lipinski definition) is 0. The molecule has 0 bridgehead atoms. The zero-order valence-electron chi connectivity index (χ0n) is 8.53. The number of benzene rings is 1. The predicted molar refractivity (Wildman–Crippen MR) is 62.1 cm³/mol. The number of nitrogens with zero attached hydrogens (tertiary/aromatic N) is 1. The minimum Gasteiger partial charge on any atom is -0.348 e. The molecule has 0 fully saturated rings. The summed E-state index contributed by atoms with van der Waals surface area (Å²) in [7, 11) is -3.74. The standard InChI is InChI=1S/C9H7NO3S2.Na/c11-15(12,8-4-2-1-3-5-8)13-9-10-6-7-14-9;/h1-7H;. The van der Waals surface area contributed by atoms with E-state index < -0.39 is 10.1 Å². The van der Waals surface area contributed by atoms with Gasteiger partial charge in [-0.15, -0.1) is 0 Å². The van der Waals surface area contributed by atoms with Crippen LogP contribution in [0.15, 0.2) is 46.8 Å². The summed E-state index contributed by atoms with van der Waals surface area (Å²) >= 11 is 1.13. The van der Waals surface area contributed by atoms with Crippen molar-refractivity contribution in [3.63, 3.8) is 0 Å². The summed E-state index contributed by atoms with van der Waals surface area (Å²) in [5, 5.41) is 1.77. The van der Waals surface area contributed by atoms with Gasteiger partial charge in [-0.25, -0.2) is 4.98 Å². The van der Waals surface area contributed by atoms with Crippen molar-refractivity contribution in [1.82, 2.24) is 4.98 Å². The Morgan fingerprint density at radius 3 is 2.44 bits per heavy atom. The second kappa shape index (κ2) is 5.79. The topological polar surface area (TPSA) is 56.3 Å². The van der Waals surface area contributed by atoms with Crippen LogP contribution in [-0.4, -0.2) is 43.0 Å². The summed E-state index contributed by atoms with van der Waals surface area (Å²) in [4.78, 5) is 3.87. The van der Waals surface area contributed by atoms with Gasteiger partial charge >= 0.3 is 10.1 Å². The summed E-state index contributed by atoms with van der Waals surface area (Å²) in [5.74, 6) is 0. The van der Waals surface area contributed by atoms with Crippen molar-refractivity contribution in [2.45, 2.75) is 4.90 Å².